The summed E-state index contributed by atoms with van der Waals surface area (Å²) in [5.41, 5.74) is 2.61. The van der Waals surface area contributed by atoms with Gasteiger partial charge in [-0.2, -0.15) is 0 Å². The summed E-state index contributed by atoms with van der Waals surface area (Å²) in [6, 6.07) is 7.97. The standard InChI is InChI=1S/C20H23N3O/c1-4-16-12-17(15(3)21-13-16)20(24)18-9-7-10-19(22-18)23-11-6-5-8-14(23)2/h4,7,9-10,12-14H,1,5-6,8,11H2,2-3H3/t14-/m1/s1. The van der Waals surface area contributed by atoms with Gasteiger partial charge in [0.1, 0.15) is 11.5 Å². The van der Waals surface area contributed by atoms with Gasteiger partial charge < -0.3 is 4.90 Å². The van der Waals surface area contributed by atoms with Crippen LogP contribution in [0.4, 0.5) is 5.82 Å². The zero-order valence-corrected chi connectivity index (χ0v) is 14.3. The van der Waals surface area contributed by atoms with Crippen molar-refractivity contribution in [3.05, 3.63) is 59.6 Å². The molecule has 3 heterocycles. The van der Waals surface area contributed by atoms with Gasteiger partial charge in [-0.25, -0.2) is 4.98 Å². The van der Waals surface area contributed by atoms with Crippen LogP contribution in [0.3, 0.4) is 0 Å². The van der Waals surface area contributed by atoms with Crippen LogP contribution in [0.2, 0.25) is 0 Å². The van der Waals surface area contributed by atoms with Gasteiger partial charge in [0.2, 0.25) is 5.78 Å². The number of hydrogen-bond donors (Lipinski definition) is 0. The van der Waals surface area contributed by atoms with Gasteiger partial charge in [0, 0.05) is 30.0 Å². The molecule has 0 unspecified atom stereocenters. The van der Waals surface area contributed by atoms with Crippen LogP contribution in [0.5, 0.6) is 0 Å². The fourth-order valence-electron chi connectivity index (χ4n) is 3.18. The number of pyridine rings is 2. The molecule has 2 aromatic rings. The van der Waals surface area contributed by atoms with Crippen LogP contribution in [0, 0.1) is 6.92 Å². The lowest BCUT2D eigenvalue weighted by Crippen LogP contribution is -2.38. The Morgan fingerprint density at radius 2 is 2.21 bits per heavy atom. The minimum atomic E-state index is -0.0878. The largest absolute Gasteiger partial charge is 0.354 e. The molecule has 0 amide bonds. The molecular formula is C20H23N3O. The summed E-state index contributed by atoms with van der Waals surface area (Å²) in [6.07, 6.45) is 7.02. The number of ketones is 1. The Morgan fingerprint density at radius 3 is 2.96 bits per heavy atom. The van der Waals surface area contributed by atoms with E-state index in [9.17, 15) is 4.79 Å². The second-order valence-electron chi connectivity index (χ2n) is 6.35. The Bertz CT molecular complexity index is 769. The molecule has 1 fully saturated rings. The monoisotopic (exact) mass is 321 g/mol. The highest BCUT2D eigenvalue weighted by Crippen LogP contribution is 2.24. The van der Waals surface area contributed by atoms with Gasteiger partial charge in [0.25, 0.3) is 0 Å². The minimum Gasteiger partial charge on any atom is -0.354 e. The van der Waals surface area contributed by atoms with Crippen molar-refractivity contribution in [2.24, 2.45) is 0 Å². The van der Waals surface area contributed by atoms with Crippen LogP contribution in [0.25, 0.3) is 6.08 Å². The Hall–Kier alpha value is -2.49. The van der Waals surface area contributed by atoms with Crippen molar-refractivity contribution in [2.75, 3.05) is 11.4 Å². The fourth-order valence-corrected chi connectivity index (χ4v) is 3.18. The second-order valence-corrected chi connectivity index (χ2v) is 6.35. The van der Waals surface area contributed by atoms with Gasteiger partial charge in [-0.05, 0) is 56.9 Å². The van der Waals surface area contributed by atoms with Crippen LogP contribution in [0.15, 0.2) is 37.0 Å². The van der Waals surface area contributed by atoms with Crippen molar-refractivity contribution in [1.29, 1.82) is 0 Å². The van der Waals surface area contributed by atoms with Crippen molar-refractivity contribution in [3.63, 3.8) is 0 Å². The average molecular weight is 321 g/mol. The van der Waals surface area contributed by atoms with Gasteiger partial charge in [0.05, 0.1) is 0 Å². The highest BCUT2D eigenvalue weighted by Gasteiger charge is 2.21. The molecule has 1 aliphatic heterocycles. The average Bonchev–Trinajstić information content (AvgIpc) is 2.62. The number of nitrogens with zero attached hydrogens (tertiary/aromatic N) is 3. The molecule has 0 saturated carbocycles. The minimum absolute atomic E-state index is 0.0878. The van der Waals surface area contributed by atoms with Crippen molar-refractivity contribution in [3.8, 4) is 0 Å². The predicted molar refractivity (Wildman–Crippen MR) is 97.4 cm³/mol. The summed E-state index contributed by atoms with van der Waals surface area (Å²) in [7, 11) is 0. The Kier molecular flexibility index (Phi) is 4.74. The molecule has 1 saturated heterocycles. The summed E-state index contributed by atoms with van der Waals surface area (Å²) in [5, 5.41) is 0. The van der Waals surface area contributed by atoms with Crippen LogP contribution in [-0.4, -0.2) is 28.3 Å². The molecule has 1 aliphatic rings. The van der Waals surface area contributed by atoms with E-state index in [1.54, 1.807) is 18.3 Å². The van der Waals surface area contributed by atoms with E-state index < -0.39 is 0 Å². The molecule has 0 bridgehead atoms. The maximum atomic E-state index is 12.9. The van der Waals surface area contributed by atoms with Gasteiger partial charge in [0.15, 0.2) is 0 Å². The predicted octanol–water partition coefficient (Wildman–Crippen LogP) is 4.04. The Balaban J connectivity index is 1.94. The van der Waals surface area contributed by atoms with E-state index in [0.29, 0.717) is 23.0 Å². The van der Waals surface area contributed by atoms with Gasteiger partial charge in [-0.3, -0.25) is 9.78 Å². The van der Waals surface area contributed by atoms with Crippen molar-refractivity contribution in [2.45, 2.75) is 39.2 Å². The van der Waals surface area contributed by atoms with Crippen LogP contribution < -0.4 is 4.90 Å². The van der Waals surface area contributed by atoms with E-state index in [1.807, 2.05) is 25.1 Å². The lowest BCUT2D eigenvalue weighted by Gasteiger charge is -2.34. The van der Waals surface area contributed by atoms with E-state index in [2.05, 4.69) is 28.4 Å². The van der Waals surface area contributed by atoms with Gasteiger partial charge >= 0.3 is 0 Å². The number of rotatable bonds is 4. The van der Waals surface area contributed by atoms with E-state index in [4.69, 9.17) is 0 Å². The highest BCUT2D eigenvalue weighted by atomic mass is 16.1. The molecule has 1 atom stereocenters. The molecule has 24 heavy (non-hydrogen) atoms. The fraction of sp³-hybridized carbons (Fsp3) is 0.350. The third-order valence-corrected chi connectivity index (χ3v) is 4.65. The summed E-state index contributed by atoms with van der Waals surface area (Å²) in [6.45, 7) is 8.81. The summed E-state index contributed by atoms with van der Waals surface area (Å²) >= 11 is 0. The molecule has 2 aromatic heterocycles. The maximum Gasteiger partial charge on any atom is 0.213 e. The molecule has 0 aromatic carbocycles. The normalized spacial score (nSPS) is 17.6. The molecular weight excluding hydrogens is 298 g/mol. The quantitative estimate of drug-likeness (QED) is 0.797. The number of hydrogen-bond acceptors (Lipinski definition) is 4. The number of aromatic nitrogens is 2. The molecule has 0 spiro atoms. The first-order valence-electron chi connectivity index (χ1n) is 8.47. The summed E-state index contributed by atoms with van der Waals surface area (Å²) < 4.78 is 0. The number of aryl methyl sites for hydroxylation is 1. The first kappa shape index (κ1) is 16.4. The van der Waals surface area contributed by atoms with Gasteiger partial charge in [-0.15, -0.1) is 0 Å². The summed E-state index contributed by atoms with van der Waals surface area (Å²) in [5.74, 6) is 0.800. The lowest BCUT2D eigenvalue weighted by atomic mass is 10.0. The molecule has 124 valence electrons. The zero-order valence-electron chi connectivity index (χ0n) is 14.3. The lowest BCUT2D eigenvalue weighted by molar-refractivity contribution is 0.103. The van der Waals surface area contributed by atoms with E-state index in [1.165, 1.54) is 19.3 Å². The van der Waals surface area contributed by atoms with E-state index in [0.717, 1.165) is 17.9 Å². The number of carbonyl (C=O) groups excluding carboxylic acids is 1. The van der Waals surface area contributed by atoms with Crippen LogP contribution in [-0.2, 0) is 0 Å². The molecule has 4 nitrogen and oxygen atoms in total. The highest BCUT2D eigenvalue weighted by molar-refractivity contribution is 6.08. The summed E-state index contributed by atoms with van der Waals surface area (Å²) in [4.78, 5) is 24.1. The third kappa shape index (κ3) is 3.23. The molecule has 0 radical (unpaired) electrons. The SMILES string of the molecule is C=Cc1cnc(C)c(C(=O)c2cccc(N3CCCC[C@H]3C)n2)c1. The number of anilines is 1. The maximum absolute atomic E-state index is 12.9. The van der Waals surface area contributed by atoms with Gasteiger partial charge in [-0.1, -0.05) is 18.7 Å². The van der Waals surface area contributed by atoms with Crippen LogP contribution in [0.1, 0.15) is 53.5 Å². The number of piperidine rings is 1. The Labute approximate surface area is 143 Å². The molecule has 0 aliphatic carbocycles. The molecule has 3 rings (SSSR count). The first-order chi connectivity index (χ1) is 11.6. The van der Waals surface area contributed by atoms with Crippen molar-refractivity contribution in [1.82, 2.24) is 9.97 Å². The Morgan fingerprint density at radius 1 is 1.38 bits per heavy atom. The van der Waals surface area contributed by atoms with Crippen LogP contribution >= 0.6 is 0 Å². The number of carbonyl (C=O) groups is 1. The van der Waals surface area contributed by atoms with E-state index in [-0.39, 0.29) is 5.78 Å². The topological polar surface area (TPSA) is 46.1 Å². The van der Waals surface area contributed by atoms with Crippen molar-refractivity contribution < 1.29 is 4.79 Å². The third-order valence-electron chi connectivity index (χ3n) is 4.65. The second kappa shape index (κ2) is 6.95. The van der Waals surface area contributed by atoms with E-state index >= 15 is 0 Å². The zero-order chi connectivity index (χ0) is 17.1. The van der Waals surface area contributed by atoms with Crippen molar-refractivity contribution >= 4 is 17.7 Å². The molecule has 0 N–H and O–H groups in total. The smallest absolute Gasteiger partial charge is 0.213 e. The first-order valence-corrected chi connectivity index (χ1v) is 8.47. The molecule has 4 heteroatoms.